The zero-order chi connectivity index (χ0) is 10.8. The maximum atomic E-state index is 11.4. The van der Waals surface area contributed by atoms with Gasteiger partial charge in [-0.2, -0.15) is 0 Å². The number of aromatic nitrogens is 3. The number of hydrogen-bond donors (Lipinski definition) is 0. The van der Waals surface area contributed by atoms with Crippen molar-refractivity contribution in [1.82, 2.24) is 15.0 Å². The van der Waals surface area contributed by atoms with Gasteiger partial charge in [-0.15, -0.1) is 5.10 Å². The van der Waals surface area contributed by atoms with Crippen LogP contribution in [0.15, 0.2) is 0 Å². The molecule has 1 fully saturated rings. The highest BCUT2D eigenvalue weighted by Gasteiger charge is 2.25. The van der Waals surface area contributed by atoms with E-state index in [0.29, 0.717) is 5.69 Å². The summed E-state index contributed by atoms with van der Waals surface area (Å²) in [5.74, 6) is 0.330. The summed E-state index contributed by atoms with van der Waals surface area (Å²) in [6, 6.07) is 0. The molecule has 1 saturated carbocycles. The van der Waals surface area contributed by atoms with Crippen LogP contribution in [0.1, 0.15) is 35.9 Å². The van der Waals surface area contributed by atoms with E-state index in [1.54, 1.807) is 0 Å². The van der Waals surface area contributed by atoms with E-state index in [1.165, 1.54) is 20.0 Å². The number of rotatable bonds is 4. The topological polar surface area (TPSA) is 57.0 Å². The van der Waals surface area contributed by atoms with Gasteiger partial charge in [-0.1, -0.05) is 12.1 Å². The van der Waals surface area contributed by atoms with Crippen LogP contribution in [0, 0.1) is 5.92 Å². The fourth-order valence-corrected chi connectivity index (χ4v) is 1.63. The van der Waals surface area contributed by atoms with Crippen LogP contribution in [0.4, 0.5) is 0 Å². The van der Waals surface area contributed by atoms with Crippen LogP contribution in [0.3, 0.4) is 0 Å². The molecule has 1 aliphatic rings. The van der Waals surface area contributed by atoms with Gasteiger partial charge in [0.2, 0.25) is 0 Å². The monoisotopic (exact) mass is 209 g/mol. The Balaban J connectivity index is 2.23. The third-order valence-electron chi connectivity index (χ3n) is 2.68. The van der Waals surface area contributed by atoms with E-state index in [-0.39, 0.29) is 0 Å². The second-order valence-corrected chi connectivity index (χ2v) is 3.86. The molecule has 1 aliphatic carbocycles. The van der Waals surface area contributed by atoms with Gasteiger partial charge in [0.05, 0.1) is 12.8 Å². The molecule has 5 heteroatoms. The maximum Gasteiger partial charge on any atom is 0.360 e. The van der Waals surface area contributed by atoms with Gasteiger partial charge in [-0.25, -0.2) is 9.48 Å². The minimum atomic E-state index is -0.395. The molecule has 0 amide bonds. The molecule has 1 aromatic heterocycles. The summed E-state index contributed by atoms with van der Waals surface area (Å²) in [6.45, 7) is 2.88. The molecule has 0 unspecified atom stereocenters. The van der Waals surface area contributed by atoms with Crippen molar-refractivity contribution >= 4 is 5.97 Å². The smallest absolute Gasteiger partial charge is 0.360 e. The highest BCUT2D eigenvalue weighted by Crippen LogP contribution is 2.30. The second kappa shape index (κ2) is 4.00. The fraction of sp³-hybridized carbons (Fsp3) is 0.700. The normalized spacial score (nSPS) is 15.3. The molecule has 0 aliphatic heterocycles. The Bertz CT molecular complexity index is 369. The standard InChI is InChI=1S/C10H15N3O2/c1-3-8-9(10(14)15-2)11-12-13(8)6-7-4-5-7/h7H,3-6H2,1-2H3. The van der Waals surface area contributed by atoms with E-state index >= 15 is 0 Å². The first kappa shape index (κ1) is 10.1. The van der Waals surface area contributed by atoms with Crippen LogP contribution < -0.4 is 0 Å². The van der Waals surface area contributed by atoms with E-state index in [1.807, 2.05) is 11.6 Å². The molecule has 82 valence electrons. The minimum Gasteiger partial charge on any atom is -0.464 e. The van der Waals surface area contributed by atoms with Crippen molar-refractivity contribution in [1.29, 1.82) is 0 Å². The maximum absolute atomic E-state index is 11.4. The van der Waals surface area contributed by atoms with E-state index in [9.17, 15) is 4.79 Å². The van der Waals surface area contributed by atoms with Crippen molar-refractivity contribution in [2.45, 2.75) is 32.7 Å². The number of hydrogen-bond acceptors (Lipinski definition) is 4. The quantitative estimate of drug-likeness (QED) is 0.695. The SMILES string of the molecule is CCc1c(C(=O)OC)nnn1CC1CC1. The first-order valence-electron chi connectivity index (χ1n) is 5.27. The largest absolute Gasteiger partial charge is 0.464 e. The Hall–Kier alpha value is -1.39. The van der Waals surface area contributed by atoms with Gasteiger partial charge in [-0.05, 0) is 25.2 Å². The van der Waals surface area contributed by atoms with Gasteiger partial charge >= 0.3 is 5.97 Å². The third-order valence-corrected chi connectivity index (χ3v) is 2.68. The molecule has 15 heavy (non-hydrogen) atoms. The third kappa shape index (κ3) is 2.00. The van der Waals surface area contributed by atoms with Crippen molar-refractivity contribution < 1.29 is 9.53 Å². The highest BCUT2D eigenvalue weighted by atomic mass is 16.5. The number of carbonyl (C=O) groups is 1. The van der Waals surface area contributed by atoms with Gasteiger partial charge in [0, 0.05) is 6.54 Å². The Morgan fingerprint density at radius 1 is 1.60 bits per heavy atom. The van der Waals surface area contributed by atoms with Gasteiger partial charge in [0.15, 0.2) is 5.69 Å². The van der Waals surface area contributed by atoms with Crippen molar-refractivity contribution in [2.24, 2.45) is 5.92 Å². The number of esters is 1. The Morgan fingerprint density at radius 2 is 2.33 bits per heavy atom. The van der Waals surface area contributed by atoms with Crippen LogP contribution in [-0.4, -0.2) is 28.1 Å². The fourth-order valence-electron chi connectivity index (χ4n) is 1.63. The molecule has 1 aromatic rings. The first-order chi connectivity index (χ1) is 7.26. The average Bonchev–Trinajstić information content (AvgIpc) is 2.96. The van der Waals surface area contributed by atoms with Crippen LogP contribution in [0.2, 0.25) is 0 Å². The number of nitrogens with zero attached hydrogens (tertiary/aromatic N) is 3. The van der Waals surface area contributed by atoms with Gasteiger partial charge in [0.1, 0.15) is 0 Å². The lowest BCUT2D eigenvalue weighted by Gasteiger charge is -2.03. The predicted molar refractivity (Wildman–Crippen MR) is 53.5 cm³/mol. The summed E-state index contributed by atoms with van der Waals surface area (Å²) in [5.41, 5.74) is 1.24. The minimum absolute atomic E-state index is 0.362. The molecule has 0 aromatic carbocycles. The van der Waals surface area contributed by atoms with Crippen LogP contribution in [-0.2, 0) is 17.7 Å². The Kier molecular flexibility index (Phi) is 2.70. The number of ether oxygens (including phenoxy) is 1. The zero-order valence-electron chi connectivity index (χ0n) is 9.06. The summed E-state index contributed by atoms with van der Waals surface area (Å²) in [5, 5.41) is 7.88. The molecular formula is C10H15N3O2. The summed E-state index contributed by atoms with van der Waals surface area (Å²) >= 11 is 0. The van der Waals surface area contributed by atoms with Crippen molar-refractivity contribution in [3.63, 3.8) is 0 Å². The van der Waals surface area contributed by atoms with Crippen molar-refractivity contribution in [3.8, 4) is 0 Å². The molecule has 2 rings (SSSR count). The summed E-state index contributed by atoms with van der Waals surface area (Å²) in [7, 11) is 1.36. The number of methoxy groups -OCH3 is 1. The van der Waals surface area contributed by atoms with E-state index in [4.69, 9.17) is 0 Å². The van der Waals surface area contributed by atoms with Gasteiger partial charge < -0.3 is 4.74 Å². The van der Waals surface area contributed by atoms with Crippen molar-refractivity contribution in [3.05, 3.63) is 11.4 Å². The second-order valence-electron chi connectivity index (χ2n) is 3.86. The van der Waals surface area contributed by atoms with Gasteiger partial charge in [-0.3, -0.25) is 0 Å². The summed E-state index contributed by atoms with van der Waals surface area (Å²) in [4.78, 5) is 11.4. The predicted octanol–water partition coefficient (Wildman–Crippen LogP) is 1.04. The van der Waals surface area contributed by atoms with Crippen LogP contribution in [0.25, 0.3) is 0 Å². The van der Waals surface area contributed by atoms with Crippen LogP contribution in [0.5, 0.6) is 0 Å². The Labute approximate surface area is 88.4 Å². The Morgan fingerprint density at radius 3 is 2.87 bits per heavy atom. The number of carbonyl (C=O) groups excluding carboxylic acids is 1. The molecule has 0 bridgehead atoms. The first-order valence-corrected chi connectivity index (χ1v) is 5.27. The molecule has 0 radical (unpaired) electrons. The lowest BCUT2D eigenvalue weighted by molar-refractivity contribution is 0.0592. The van der Waals surface area contributed by atoms with E-state index < -0.39 is 5.97 Å². The summed E-state index contributed by atoms with van der Waals surface area (Å²) < 4.78 is 6.50. The summed E-state index contributed by atoms with van der Waals surface area (Å²) in [6.07, 6.45) is 3.28. The van der Waals surface area contributed by atoms with Crippen molar-refractivity contribution in [2.75, 3.05) is 7.11 Å². The molecule has 0 spiro atoms. The van der Waals surface area contributed by atoms with E-state index in [2.05, 4.69) is 15.0 Å². The van der Waals surface area contributed by atoms with Crippen LogP contribution >= 0.6 is 0 Å². The molecule has 5 nitrogen and oxygen atoms in total. The lowest BCUT2D eigenvalue weighted by Crippen LogP contribution is -2.09. The van der Waals surface area contributed by atoms with Gasteiger partial charge in [0.25, 0.3) is 0 Å². The molecule has 0 saturated heterocycles. The van der Waals surface area contributed by atoms with E-state index in [0.717, 1.165) is 24.6 Å². The average molecular weight is 209 g/mol. The zero-order valence-corrected chi connectivity index (χ0v) is 9.06. The highest BCUT2D eigenvalue weighted by molar-refractivity contribution is 5.88. The molecule has 0 atom stereocenters. The molecular weight excluding hydrogens is 194 g/mol. The lowest BCUT2D eigenvalue weighted by atomic mass is 10.2. The molecule has 0 N–H and O–H groups in total. The molecule has 1 heterocycles.